The summed E-state index contributed by atoms with van der Waals surface area (Å²) < 4.78 is 6.44. The van der Waals surface area contributed by atoms with Gasteiger partial charge in [-0.15, -0.1) is 0 Å². The minimum atomic E-state index is -1.68. The lowest BCUT2D eigenvalue weighted by atomic mass is 9.83. The van der Waals surface area contributed by atoms with Crippen LogP contribution in [-0.4, -0.2) is 29.8 Å². The summed E-state index contributed by atoms with van der Waals surface area (Å²) in [5, 5.41) is 20.5. The molecule has 0 bridgehead atoms. The molecule has 1 heterocycles. The first-order valence-corrected chi connectivity index (χ1v) is 10.2. The fourth-order valence-electron chi connectivity index (χ4n) is 3.50. The van der Waals surface area contributed by atoms with Crippen LogP contribution in [0.25, 0.3) is 0 Å². The van der Waals surface area contributed by atoms with E-state index in [1.807, 2.05) is 37.3 Å². The van der Waals surface area contributed by atoms with E-state index in [0.717, 1.165) is 9.13 Å². The summed E-state index contributed by atoms with van der Waals surface area (Å²) in [6, 6.07) is 13.3. The zero-order valence-electron chi connectivity index (χ0n) is 15.9. The van der Waals surface area contributed by atoms with Crippen LogP contribution in [0, 0.1) is 9.49 Å². The summed E-state index contributed by atoms with van der Waals surface area (Å²) in [4.78, 5) is 15.0. The first-order chi connectivity index (χ1) is 13.4. The standard InChI is InChI=1S/C22H24INO4/c1-15(5-3-4-12-25)22(27)19-13-18(28-2)10-11-20(19)24(21(22)26)14-16-6-8-17(23)9-7-16/h3,5-11,13,15,25,27H,4,12,14H2,1-2H3/b5-3+/t15-,22+/m1/s1. The van der Waals surface area contributed by atoms with E-state index in [0.29, 0.717) is 30.0 Å². The summed E-state index contributed by atoms with van der Waals surface area (Å²) >= 11 is 2.24. The number of hydrogen-bond acceptors (Lipinski definition) is 4. The number of amides is 1. The van der Waals surface area contributed by atoms with Gasteiger partial charge in [0.1, 0.15) is 5.75 Å². The van der Waals surface area contributed by atoms with E-state index >= 15 is 0 Å². The third kappa shape index (κ3) is 3.81. The summed E-state index contributed by atoms with van der Waals surface area (Å²) in [5.74, 6) is -0.220. The van der Waals surface area contributed by atoms with Crippen molar-refractivity contribution >= 4 is 34.2 Å². The molecule has 2 N–H and O–H groups in total. The second-order valence-corrected chi connectivity index (χ2v) is 8.14. The summed E-state index contributed by atoms with van der Waals surface area (Å²) in [6.07, 6.45) is 4.05. The molecule has 6 heteroatoms. The highest BCUT2D eigenvalue weighted by atomic mass is 127. The van der Waals surface area contributed by atoms with Gasteiger partial charge in [-0.25, -0.2) is 0 Å². The van der Waals surface area contributed by atoms with E-state index in [1.165, 1.54) is 0 Å². The van der Waals surface area contributed by atoms with Crippen LogP contribution in [0.5, 0.6) is 5.75 Å². The fourth-order valence-corrected chi connectivity index (χ4v) is 3.86. The van der Waals surface area contributed by atoms with Gasteiger partial charge in [-0.3, -0.25) is 4.79 Å². The van der Waals surface area contributed by atoms with Crippen LogP contribution in [0.4, 0.5) is 5.69 Å². The number of carbonyl (C=O) groups excluding carboxylic acids is 1. The van der Waals surface area contributed by atoms with Crippen molar-refractivity contribution in [2.24, 2.45) is 5.92 Å². The molecule has 2 atom stereocenters. The number of ether oxygens (including phenoxy) is 1. The van der Waals surface area contributed by atoms with Gasteiger partial charge in [0.05, 0.1) is 19.3 Å². The second kappa shape index (κ2) is 8.63. The highest BCUT2D eigenvalue weighted by Crippen LogP contribution is 2.47. The molecule has 3 rings (SSSR count). The Bertz CT molecular complexity index is 881. The molecule has 0 radical (unpaired) electrons. The number of carbonyl (C=O) groups is 1. The Morgan fingerprint density at radius 1 is 1.25 bits per heavy atom. The average Bonchev–Trinajstić information content (AvgIpc) is 2.92. The van der Waals surface area contributed by atoms with Gasteiger partial charge in [-0.2, -0.15) is 0 Å². The zero-order chi connectivity index (χ0) is 20.3. The monoisotopic (exact) mass is 493 g/mol. The van der Waals surface area contributed by atoms with Crippen LogP contribution in [-0.2, 0) is 16.9 Å². The van der Waals surface area contributed by atoms with Gasteiger partial charge in [-0.1, -0.05) is 31.2 Å². The van der Waals surface area contributed by atoms with Gasteiger partial charge in [0.25, 0.3) is 5.91 Å². The van der Waals surface area contributed by atoms with Crippen LogP contribution in [0.1, 0.15) is 24.5 Å². The first-order valence-electron chi connectivity index (χ1n) is 9.16. The molecule has 2 aromatic carbocycles. The van der Waals surface area contributed by atoms with Crippen molar-refractivity contribution in [2.75, 3.05) is 18.6 Å². The lowest BCUT2D eigenvalue weighted by Crippen LogP contribution is -2.44. The molecule has 0 unspecified atom stereocenters. The Morgan fingerprint density at radius 2 is 1.96 bits per heavy atom. The Labute approximate surface area is 178 Å². The number of rotatable bonds is 7. The number of fused-ring (bicyclic) bond motifs is 1. The molecule has 0 saturated carbocycles. The normalized spacial score (nSPS) is 19.9. The molecule has 5 nitrogen and oxygen atoms in total. The highest BCUT2D eigenvalue weighted by Gasteiger charge is 2.52. The summed E-state index contributed by atoms with van der Waals surface area (Å²) in [5.41, 5.74) is 0.542. The van der Waals surface area contributed by atoms with Gasteiger partial charge in [-0.05, 0) is 64.9 Å². The third-order valence-corrected chi connectivity index (χ3v) is 5.83. The van der Waals surface area contributed by atoms with Crippen molar-refractivity contribution in [3.8, 4) is 5.75 Å². The zero-order valence-corrected chi connectivity index (χ0v) is 18.1. The van der Waals surface area contributed by atoms with E-state index in [2.05, 4.69) is 22.6 Å². The second-order valence-electron chi connectivity index (χ2n) is 6.90. The Morgan fingerprint density at radius 3 is 2.61 bits per heavy atom. The Kier molecular flexibility index (Phi) is 6.42. The molecular weight excluding hydrogens is 469 g/mol. The van der Waals surface area contributed by atoms with Gasteiger partial charge >= 0.3 is 0 Å². The third-order valence-electron chi connectivity index (χ3n) is 5.11. The number of nitrogens with zero attached hydrogens (tertiary/aromatic N) is 1. The molecule has 0 spiro atoms. The van der Waals surface area contributed by atoms with E-state index in [-0.39, 0.29) is 12.5 Å². The predicted molar refractivity (Wildman–Crippen MR) is 117 cm³/mol. The molecular formula is C22H24INO4. The van der Waals surface area contributed by atoms with Crippen molar-refractivity contribution in [3.05, 3.63) is 69.3 Å². The van der Waals surface area contributed by atoms with Crippen molar-refractivity contribution < 1.29 is 19.7 Å². The van der Waals surface area contributed by atoms with Crippen LogP contribution in [0.15, 0.2) is 54.6 Å². The number of aliphatic hydroxyl groups excluding tert-OH is 1. The molecule has 1 amide bonds. The van der Waals surface area contributed by atoms with Crippen molar-refractivity contribution in [3.63, 3.8) is 0 Å². The molecule has 2 aromatic rings. The molecule has 0 fully saturated rings. The summed E-state index contributed by atoms with van der Waals surface area (Å²) in [6.45, 7) is 2.22. The van der Waals surface area contributed by atoms with Gasteiger partial charge < -0.3 is 19.8 Å². The summed E-state index contributed by atoms with van der Waals surface area (Å²) in [7, 11) is 1.56. The molecule has 28 heavy (non-hydrogen) atoms. The number of halogens is 1. The van der Waals surface area contributed by atoms with E-state index in [1.54, 1.807) is 36.3 Å². The number of aliphatic hydroxyl groups is 2. The number of benzene rings is 2. The van der Waals surface area contributed by atoms with Gasteiger partial charge in [0.15, 0.2) is 5.60 Å². The SMILES string of the molecule is COc1ccc2c(c1)[C@@](O)([C@H](C)/C=C/CCO)C(=O)N2Cc1ccc(I)cc1. The maximum absolute atomic E-state index is 13.4. The van der Waals surface area contributed by atoms with Crippen LogP contribution >= 0.6 is 22.6 Å². The smallest absolute Gasteiger partial charge is 0.264 e. The maximum Gasteiger partial charge on any atom is 0.264 e. The van der Waals surface area contributed by atoms with Crippen LogP contribution in [0.3, 0.4) is 0 Å². The Balaban J connectivity index is 2.02. The van der Waals surface area contributed by atoms with E-state index in [4.69, 9.17) is 9.84 Å². The number of hydrogen-bond donors (Lipinski definition) is 2. The quantitative estimate of drug-likeness (QED) is 0.457. The van der Waals surface area contributed by atoms with Crippen molar-refractivity contribution in [2.45, 2.75) is 25.5 Å². The topological polar surface area (TPSA) is 70.0 Å². The molecule has 1 aliphatic rings. The average molecular weight is 493 g/mol. The van der Waals surface area contributed by atoms with E-state index < -0.39 is 11.5 Å². The van der Waals surface area contributed by atoms with Crippen molar-refractivity contribution in [1.82, 2.24) is 0 Å². The van der Waals surface area contributed by atoms with Crippen LogP contribution in [0.2, 0.25) is 0 Å². The molecule has 0 aliphatic carbocycles. The minimum absolute atomic E-state index is 0.0267. The molecule has 148 valence electrons. The largest absolute Gasteiger partial charge is 0.497 e. The van der Waals surface area contributed by atoms with Crippen molar-refractivity contribution in [1.29, 1.82) is 0 Å². The molecule has 0 saturated heterocycles. The fraction of sp³-hybridized carbons (Fsp3) is 0.318. The molecule has 0 aromatic heterocycles. The van der Waals surface area contributed by atoms with E-state index in [9.17, 15) is 9.90 Å². The van der Waals surface area contributed by atoms with Gasteiger partial charge in [0.2, 0.25) is 0 Å². The highest BCUT2D eigenvalue weighted by molar-refractivity contribution is 14.1. The molecule has 1 aliphatic heterocycles. The maximum atomic E-state index is 13.4. The number of methoxy groups -OCH3 is 1. The lowest BCUT2D eigenvalue weighted by molar-refractivity contribution is -0.139. The lowest BCUT2D eigenvalue weighted by Gasteiger charge is -2.27. The predicted octanol–water partition coefficient (Wildman–Crippen LogP) is 3.61. The van der Waals surface area contributed by atoms with Gasteiger partial charge in [0, 0.05) is 21.7 Å². The minimum Gasteiger partial charge on any atom is -0.497 e. The number of anilines is 1. The first kappa shape index (κ1) is 20.8. The Hall–Kier alpha value is -1.90. The van der Waals surface area contributed by atoms with Crippen LogP contribution < -0.4 is 9.64 Å².